The van der Waals surface area contributed by atoms with Gasteiger partial charge < -0.3 is 5.11 Å². The lowest BCUT2D eigenvalue weighted by atomic mass is 9.90. The largest absolute Gasteiger partial charge is 0.508 e. The number of fused-ring (bicyclic) bond motifs is 1. The number of rotatable bonds is 5. The van der Waals surface area contributed by atoms with Crippen LogP contribution in [0.4, 0.5) is 0 Å². The average molecular weight is 461 g/mol. The highest BCUT2D eigenvalue weighted by atomic mass is 32.2. The predicted octanol–water partition coefficient (Wildman–Crippen LogP) is 2.75. The predicted molar refractivity (Wildman–Crippen MR) is 122 cm³/mol. The van der Waals surface area contributed by atoms with E-state index in [-0.39, 0.29) is 25.3 Å². The van der Waals surface area contributed by atoms with E-state index in [9.17, 15) is 18.8 Å². The van der Waals surface area contributed by atoms with Gasteiger partial charge in [-0.2, -0.15) is 24.6 Å². The molecule has 0 atom stereocenters. The fraction of sp³-hybridized carbons (Fsp3) is 0.217. The van der Waals surface area contributed by atoms with E-state index in [0.29, 0.717) is 5.69 Å². The molecule has 2 aromatic carbocycles. The third-order valence-corrected chi connectivity index (χ3v) is 7.13. The van der Waals surface area contributed by atoms with E-state index in [1.807, 2.05) is 36.4 Å². The summed E-state index contributed by atoms with van der Waals surface area (Å²) >= 11 is 0. The first-order chi connectivity index (χ1) is 15.8. The van der Waals surface area contributed by atoms with Gasteiger partial charge in [0.25, 0.3) is 0 Å². The van der Waals surface area contributed by atoms with Gasteiger partial charge in [-0.05, 0) is 41.5 Å². The Morgan fingerprint density at radius 1 is 1.15 bits per heavy atom. The van der Waals surface area contributed by atoms with E-state index in [1.54, 1.807) is 24.5 Å². The van der Waals surface area contributed by atoms with E-state index in [1.165, 1.54) is 9.10 Å². The number of aromatic nitrogens is 4. The van der Waals surface area contributed by atoms with E-state index in [4.69, 9.17) is 0 Å². The summed E-state index contributed by atoms with van der Waals surface area (Å²) in [6.45, 7) is 0.312. The molecular weight excluding hydrogens is 440 g/mol. The maximum Gasteiger partial charge on any atom is 0.211 e. The molecule has 0 amide bonds. The van der Waals surface area contributed by atoms with Crippen LogP contribution in [0.2, 0.25) is 0 Å². The second-order valence-electron chi connectivity index (χ2n) is 8.25. The standard InChI is InChI=1S/C23H20N6O3S/c1-33(31,32)28-14-23(15-28,8-9-24)29-26-13-22(27-29)20-11-17(16-4-6-18(30)7-5-16)12-21-19(20)3-2-10-25-21/h2-7,10-13,30H,8,14-15H2,1H3. The van der Waals surface area contributed by atoms with Crippen molar-refractivity contribution in [3.63, 3.8) is 0 Å². The van der Waals surface area contributed by atoms with E-state index in [2.05, 4.69) is 21.3 Å². The van der Waals surface area contributed by atoms with Crippen LogP contribution in [0.3, 0.4) is 0 Å². The lowest BCUT2D eigenvalue weighted by Crippen LogP contribution is -2.64. The highest BCUT2D eigenvalue weighted by Crippen LogP contribution is 2.36. The number of hydrogen-bond acceptors (Lipinski definition) is 7. The van der Waals surface area contributed by atoms with Gasteiger partial charge in [-0.25, -0.2) is 8.42 Å². The van der Waals surface area contributed by atoms with Crippen LogP contribution in [0.25, 0.3) is 33.3 Å². The second-order valence-corrected chi connectivity index (χ2v) is 10.2. The SMILES string of the molecule is CS(=O)(=O)N1CC(CC#N)(n2ncc(-c3cc(-c4ccc(O)cc4)cc4ncccc34)n2)C1. The van der Waals surface area contributed by atoms with E-state index in [0.717, 1.165) is 33.8 Å². The molecule has 0 saturated carbocycles. The molecule has 166 valence electrons. The smallest absolute Gasteiger partial charge is 0.211 e. The van der Waals surface area contributed by atoms with Gasteiger partial charge in [0.15, 0.2) is 0 Å². The third-order valence-electron chi connectivity index (χ3n) is 5.93. The molecule has 1 aliphatic heterocycles. The van der Waals surface area contributed by atoms with Gasteiger partial charge in [0.2, 0.25) is 10.0 Å². The molecule has 9 nitrogen and oxygen atoms in total. The lowest BCUT2D eigenvalue weighted by molar-refractivity contribution is 0.0579. The maximum absolute atomic E-state index is 11.9. The second kappa shape index (κ2) is 7.65. The molecule has 0 spiro atoms. The summed E-state index contributed by atoms with van der Waals surface area (Å²) in [5.74, 6) is 0.187. The van der Waals surface area contributed by atoms with Crippen molar-refractivity contribution in [2.75, 3.05) is 19.3 Å². The third kappa shape index (κ3) is 3.71. The zero-order valence-electron chi connectivity index (χ0n) is 17.8. The Bertz CT molecular complexity index is 1500. The Hall–Kier alpha value is -3.81. The van der Waals surface area contributed by atoms with Gasteiger partial charge in [0.05, 0.1) is 30.5 Å². The number of benzene rings is 2. The van der Waals surface area contributed by atoms with Gasteiger partial charge in [-0.3, -0.25) is 4.98 Å². The highest BCUT2D eigenvalue weighted by Gasteiger charge is 2.50. The van der Waals surface area contributed by atoms with Crippen molar-refractivity contribution in [1.29, 1.82) is 5.26 Å². The van der Waals surface area contributed by atoms with Gasteiger partial charge in [0.1, 0.15) is 17.0 Å². The van der Waals surface area contributed by atoms with Crippen LogP contribution < -0.4 is 0 Å². The fourth-order valence-electron chi connectivity index (χ4n) is 4.13. The number of nitrogens with zero attached hydrogens (tertiary/aromatic N) is 6. The van der Waals surface area contributed by atoms with Gasteiger partial charge in [-0.15, -0.1) is 0 Å². The summed E-state index contributed by atoms with van der Waals surface area (Å²) in [5, 5.41) is 29.0. The molecule has 3 heterocycles. The van der Waals surface area contributed by atoms with E-state index < -0.39 is 15.6 Å². The number of pyridine rings is 1. The van der Waals surface area contributed by atoms with Gasteiger partial charge in [-0.1, -0.05) is 18.2 Å². The number of sulfonamides is 1. The van der Waals surface area contributed by atoms with Crippen LogP contribution in [0.15, 0.2) is 60.9 Å². The molecule has 1 aliphatic rings. The summed E-state index contributed by atoms with van der Waals surface area (Å²) in [6.07, 6.45) is 4.60. The Morgan fingerprint density at radius 2 is 1.91 bits per heavy atom. The minimum absolute atomic E-state index is 0.100. The molecule has 0 radical (unpaired) electrons. The van der Waals surface area contributed by atoms with Crippen LogP contribution in [0, 0.1) is 11.3 Å². The van der Waals surface area contributed by atoms with Crippen molar-refractivity contribution in [1.82, 2.24) is 24.3 Å². The fourth-order valence-corrected chi connectivity index (χ4v) is 5.08. The molecule has 5 rings (SSSR count). The Labute approximate surface area is 190 Å². The van der Waals surface area contributed by atoms with Crippen LogP contribution in [0.1, 0.15) is 6.42 Å². The van der Waals surface area contributed by atoms with Crippen LogP contribution in [-0.4, -0.2) is 57.2 Å². The van der Waals surface area contributed by atoms with Crippen molar-refractivity contribution in [3.8, 4) is 34.2 Å². The molecule has 2 aromatic heterocycles. The normalized spacial score (nSPS) is 15.8. The van der Waals surface area contributed by atoms with Crippen molar-refractivity contribution < 1.29 is 13.5 Å². The first kappa shape index (κ1) is 21.1. The maximum atomic E-state index is 11.9. The Kier molecular flexibility index (Phi) is 4.88. The molecule has 1 fully saturated rings. The molecule has 0 bridgehead atoms. The molecule has 10 heteroatoms. The summed E-state index contributed by atoms with van der Waals surface area (Å²) < 4.78 is 25.1. The quantitative estimate of drug-likeness (QED) is 0.485. The first-order valence-electron chi connectivity index (χ1n) is 10.2. The molecule has 4 aromatic rings. The first-order valence-corrected chi connectivity index (χ1v) is 12.1. The number of phenolic OH excluding ortho intramolecular Hbond substituents is 1. The van der Waals surface area contributed by atoms with Gasteiger partial charge >= 0.3 is 0 Å². The summed E-state index contributed by atoms with van der Waals surface area (Å²) in [4.78, 5) is 5.97. The molecule has 0 unspecified atom stereocenters. The monoisotopic (exact) mass is 460 g/mol. The van der Waals surface area contributed by atoms with Crippen molar-refractivity contribution in [2.45, 2.75) is 12.0 Å². The van der Waals surface area contributed by atoms with Crippen LogP contribution in [-0.2, 0) is 15.6 Å². The molecule has 0 aliphatic carbocycles. The summed E-state index contributed by atoms with van der Waals surface area (Å²) in [6, 6.07) is 16.8. The van der Waals surface area contributed by atoms with Crippen molar-refractivity contribution in [3.05, 3.63) is 60.9 Å². The number of hydrogen-bond donors (Lipinski definition) is 1. The van der Waals surface area contributed by atoms with Crippen molar-refractivity contribution >= 4 is 20.9 Å². The topological polar surface area (TPSA) is 125 Å². The number of phenols is 1. The summed E-state index contributed by atoms with van der Waals surface area (Å²) in [7, 11) is -3.35. The molecule has 33 heavy (non-hydrogen) atoms. The van der Waals surface area contributed by atoms with Crippen LogP contribution in [0.5, 0.6) is 5.75 Å². The molecular formula is C23H20N6O3S. The minimum Gasteiger partial charge on any atom is -0.508 e. The summed E-state index contributed by atoms with van der Waals surface area (Å²) in [5.41, 5.74) is 3.23. The lowest BCUT2D eigenvalue weighted by Gasteiger charge is -2.46. The van der Waals surface area contributed by atoms with Crippen molar-refractivity contribution in [2.24, 2.45) is 0 Å². The van der Waals surface area contributed by atoms with E-state index >= 15 is 0 Å². The zero-order chi connectivity index (χ0) is 23.2. The molecule has 1 saturated heterocycles. The Morgan fingerprint density at radius 3 is 2.61 bits per heavy atom. The molecule has 1 N–H and O–H groups in total. The average Bonchev–Trinajstić information content (AvgIpc) is 3.25. The van der Waals surface area contributed by atoms with Gasteiger partial charge in [0, 0.05) is 30.2 Å². The number of aromatic hydroxyl groups is 1. The van der Waals surface area contributed by atoms with Crippen LogP contribution >= 0.6 is 0 Å². The number of nitriles is 1. The minimum atomic E-state index is -3.35. The Balaban J connectivity index is 1.59. The zero-order valence-corrected chi connectivity index (χ0v) is 18.6. The highest BCUT2D eigenvalue weighted by molar-refractivity contribution is 7.88.